The number of esters is 1. The van der Waals surface area contributed by atoms with E-state index in [4.69, 9.17) is 9.84 Å². The summed E-state index contributed by atoms with van der Waals surface area (Å²) in [5, 5.41) is 11.9. The molecule has 218 valence electrons. The van der Waals surface area contributed by atoms with E-state index >= 15 is 0 Å². The lowest BCUT2D eigenvalue weighted by Crippen LogP contribution is -2.60. The average Bonchev–Trinajstić information content (AvgIpc) is 3.31. The van der Waals surface area contributed by atoms with Crippen LogP contribution in [0.5, 0.6) is 0 Å². The van der Waals surface area contributed by atoms with Crippen LogP contribution in [0, 0.1) is 11.3 Å². The fourth-order valence-electron chi connectivity index (χ4n) is 5.85. The molecule has 1 saturated heterocycles. The smallest absolute Gasteiger partial charge is 0.332 e. The highest BCUT2D eigenvalue weighted by atomic mass is 16.5. The van der Waals surface area contributed by atoms with Crippen LogP contribution in [0.15, 0.2) is 12.2 Å². The molecule has 3 aliphatic rings. The van der Waals surface area contributed by atoms with Crippen molar-refractivity contribution in [3.05, 3.63) is 12.2 Å². The Hall–Kier alpha value is -2.91. The summed E-state index contributed by atoms with van der Waals surface area (Å²) in [5.41, 5.74) is -1.71. The molecule has 0 spiro atoms. The molecule has 2 fully saturated rings. The van der Waals surface area contributed by atoms with Crippen molar-refractivity contribution in [2.45, 2.75) is 110 Å². The van der Waals surface area contributed by atoms with Crippen molar-refractivity contribution in [1.29, 1.82) is 0 Å². The molecule has 39 heavy (non-hydrogen) atoms. The zero-order valence-electron chi connectivity index (χ0n) is 23.9. The number of ether oxygens (including phenoxy) is 1. The van der Waals surface area contributed by atoms with Gasteiger partial charge in [-0.1, -0.05) is 39.3 Å². The van der Waals surface area contributed by atoms with Gasteiger partial charge in [0.05, 0.1) is 6.61 Å². The molecule has 10 heteroatoms. The SMILES string of the molecule is CCOC(=O)C12CC1C=CCCCC(=O)N(CCCCCC(=O)O)C(C(C)(C)C)C(=O)N1CCCC1C(=O)N2. The van der Waals surface area contributed by atoms with Crippen LogP contribution in [0.25, 0.3) is 0 Å². The summed E-state index contributed by atoms with van der Waals surface area (Å²) in [6.07, 6.45) is 8.76. The van der Waals surface area contributed by atoms with Gasteiger partial charge in [-0.15, -0.1) is 0 Å². The first-order chi connectivity index (χ1) is 18.4. The predicted octanol–water partition coefficient (Wildman–Crippen LogP) is 3.04. The van der Waals surface area contributed by atoms with Gasteiger partial charge in [-0.2, -0.15) is 0 Å². The molecule has 4 unspecified atom stereocenters. The molecule has 1 aliphatic carbocycles. The van der Waals surface area contributed by atoms with E-state index in [1.54, 1.807) is 16.7 Å². The van der Waals surface area contributed by atoms with Gasteiger partial charge in [0, 0.05) is 31.8 Å². The number of nitrogens with zero attached hydrogens (tertiary/aromatic N) is 2. The Morgan fingerprint density at radius 1 is 1.15 bits per heavy atom. The second-order valence-corrected chi connectivity index (χ2v) is 12.1. The largest absolute Gasteiger partial charge is 0.481 e. The number of rotatable bonds is 8. The molecule has 0 radical (unpaired) electrons. The number of carboxylic acids is 1. The molecule has 0 bridgehead atoms. The number of carbonyl (C=O) groups is 5. The molecule has 4 atom stereocenters. The number of amides is 3. The number of carbonyl (C=O) groups excluding carboxylic acids is 4. The van der Waals surface area contributed by atoms with Gasteiger partial charge in [-0.25, -0.2) is 4.79 Å². The van der Waals surface area contributed by atoms with Crippen LogP contribution >= 0.6 is 0 Å². The van der Waals surface area contributed by atoms with Crippen molar-refractivity contribution in [3.63, 3.8) is 0 Å². The van der Waals surface area contributed by atoms with Gasteiger partial charge in [0.15, 0.2) is 0 Å². The highest BCUT2D eigenvalue weighted by molar-refractivity contribution is 5.97. The van der Waals surface area contributed by atoms with Gasteiger partial charge in [-0.05, 0) is 57.3 Å². The lowest BCUT2D eigenvalue weighted by molar-refractivity contribution is -0.154. The van der Waals surface area contributed by atoms with Gasteiger partial charge in [0.2, 0.25) is 17.7 Å². The van der Waals surface area contributed by atoms with Crippen LogP contribution in [-0.4, -0.2) is 81.9 Å². The van der Waals surface area contributed by atoms with Gasteiger partial charge in [-0.3, -0.25) is 19.2 Å². The maximum atomic E-state index is 14.2. The number of aliphatic carboxylic acids is 1. The van der Waals surface area contributed by atoms with Crippen molar-refractivity contribution < 1.29 is 33.8 Å². The number of carboxylic acid groups (broad SMARTS) is 1. The lowest BCUT2D eigenvalue weighted by Gasteiger charge is -2.42. The first-order valence-electron chi connectivity index (χ1n) is 14.4. The van der Waals surface area contributed by atoms with E-state index < -0.39 is 35.0 Å². The highest BCUT2D eigenvalue weighted by Gasteiger charge is 2.62. The third-order valence-corrected chi connectivity index (χ3v) is 7.94. The molecule has 2 heterocycles. The van der Waals surface area contributed by atoms with Crippen LogP contribution in [-0.2, 0) is 28.7 Å². The van der Waals surface area contributed by atoms with Crippen LogP contribution in [0.1, 0.15) is 91.9 Å². The van der Waals surface area contributed by atoms with Crippen LogP contribution in [0.4, 0.5) is 0 Å². The minimum Gasteiger partial charge on any atom is -0.481 e. The lowest BCUT2D eigenvalue weighted by atomic mass is 9.84. The Bertz CT molecular complexity index is 972. The Morgan fingerprint density at radius 3 is 2.56 bits per heavy atom. The zero-order valence-corrected chi connectivity index (χ0v) is 23.9. The van der Waals surface area contributed by atoms with Crippen molar-refractivity contribution in [1.82, 2.24) is 15.1 Å². The molecule has 2 N–H and O–H groups in total. The molecule has 10 nitrogen and oxygen atoms in total. The van der Waals surface area contributed by atoms with E-state index in [1.165, 1.54) is 0 Å². The monoisotopic (exact) mass is 547 g/mol. The van der Waals surface area contributed by atoms with E-state index in [0.29, 0.717) is 64.5 Å². The standard InChI is InChI=1S/C29H45N3O7/c1-5-39-27(38)29-19-20(29)13-8-6-9-15-22(33)32(17-11-7-10-16-23(34)35)24(28(2,3)4)26(37)31-18-12-14-21(31)25(36)30-29/h8,13,20-21,24H,5-7,9-12,14-19H2,1-4H3,(H,30,36)(H,34,35). The van der Waals surface area contributed by atoms with E-state index in [-0.39, 0.29) is 43.1 Å². The third-order valence-electron chi connectivity index (χ3n) is 7.94. The molecular weight excluding hydrogens is 502 g/mol. The molecule has 3 rings (SSSR count). The summed E-state index contributed by atoms with van der Waals surface area (Å²) in [6.45, 7) is 8.46. The zero-order chi connectivity index (χ0) is 28.8. The first kappa shape index (κ1) is 30.6. The van der Waals surface area contributed by atoms with Crippen molar-refractivity contribution in [2.24, 2.45) is 11.3 Å². The summed E-state index contributed by atoms with van der Waals surface area (Å²) >= 11 is 0. The average molecular weight is 548 g/mol. The molecule has 1 saturated carbocycles. The van der Waals surface area contributed by atoms with Gasteiger partial charge in [0.1, 0.15) is 17.6 Å². The maximum Gasteiger partial charge on any atom is 0.332 e. The number of fused-ring (bicyclic) bond motifs is 2. The number of hydrogen-bond acceptors (Lipinski definition) is 6. The van der Waals surface area contributed by atoms with Crippen molar-refractivity contribution >= 4 is 29.7 Å². The number of allylic oxidation sites excluding steroid dienone is 1. The molecule has 0 aromatic rings. The fourth-order valence-corrected chi connectivity index (χ4v) is 5.85. The first-order valence-corrected chi connectivity index (χ1v) is 14.4. The third kappa shape index (κ3) is 7.39. The number of hydrogen-bond donors (Lipinski definition) is 2. The van der Waals surface area contributed by atoms with Crippen LogP contribution in [0.3, 0.4) is 0 Å². The quantitative estimate of drug-likeness (QED) is 0.271. The van der Waals surface area contributed by atoms with Crippen molar-refractivity contribution in [3.8, 4) is 0 Å². The summed E-state index contributed by atoms with van der Waals surface area (Å²) in [4.78, 5) is 68.3. The van der Waals surface area contributed by atoms with E-state index in [9.17, 15) is 24.0 Å². The number of nitrogens with one attached hydrogen (secondary N) is 1. The summed E-state index contributed by atoms with van der Waals surface area (Å²) in [7, 11) is 0. The van der Waals surface area contributed by atoms with E-state index in [2.05, 4.69) is 5.32 Å². The van der Waals surface area contributed by atoms with Crippen molar-refractivity contribution in [2.75, 3.05) is 19.7 Å². The highest BCUT2D eigenvalue weighted by Crippen LogP contribution is 2.46. The normalized spacial score (nSPS) is 28.2. The molecular formula is C29H45N3O7. The maximum absolute atomic E-state index is 14.2. The van der Waals surface area contributed by atoms with Crippen LogP contribution < -0.4 is 5.32 Å². The van der Waals surface area contributed by atoms with Gasteiger partial charge in [0.25, 0.3) is 0 Å². The molecule has 0 aromatic heterocycles. The van der Waals surface area contributed by atoms with E-state index in [1.807, 2.05) is 32.9 Å². The number of unbranched alkanes of at least 4 members (excludes halogenated alkanes) is 2. The predicted molar refractivity (Wildman–Crippen MR) is 144 cm³/mol. The minimum absolute atomic E-state index is 0.0702. The Labute approximate surface area is 231 Å². The fraction of sp³-hybridized carbons (Fsp3) is 0.759. The van der Waals surface area contributed by atoms with Gasteiger partial charge >= 0.3 is 11.9 Å². The van der Waals surface area contributed by atoms with Crippen LogP contribution in [0.2, 0.25) is 0 Å². The molecule has 3 amide bonds. The Morgan fingerprint density at radius 2 is 1.90 bits per heavy atom. The molecule has 0 aromatic carbocycles. The minimum atomic E-state index is -1.11. The Balaban J connectivity index is 1.90. The summed E-state index contributed by atoms with van der Waals surface area (Å²) in [5.74, 6) is -2.22. The molecule has 2 aliphatic heterocycles. The van der Waals surface area contributed by atoms with Gasteiger partial charge < -0.3 is 25.0 Å². The second kappa shape index (κ2) is 13.0. The summed E-state index contributed by atoms with van der Waals surface area (Å²) in [6, 6.07) is -1.50. The topological polar surface area (TPSA) is 133 Å². The van der Waals surface area contributed by atoms with E-state index in [0.717, 1.165) is 0 Å². The second-order valence-electron chi connectivity index (χ2n) is 12.1. The Kier molecular flexibility index (Phi) is 10.2. The summed E-state index contributed by atoms with van der Waals surface area (Å²) < 4.78 is 5.30.